The maximum absolute atomic E-state index is 13.2. The second-order valence-electron chi connectivity index (χ2n) is 8.30. The number of benzene rings is 3. The molecule has 0 spiro atoms. The van der Waals surface area contributed by atoms with Crippen molar-refractivity contribution in [2.45, 2.75) is 25.7 Å². The molecule has 1 heterocycles. The molecule has 0 aliphatic carbocycles. The van der Waals surface area contributed by atoms with E-state index in [9.17, 15) is 9.59 Å². The van der Waals surface area contributed by atoms with Gasteiger partial charge in [-0.05, 0) is 54.2 Å². The van der Waals surface area contributed by atoms with Crippen LogP contribution in [0, 0.1) is 5.92 Å². The number of anilines is 1. The molecule has 2 amide bonds. The van der Waals surface area contributed by atoms with E-state index in [-0.39, 0.29) is 11.8 Å². The van der Waals surface area contributed by atoms with Crippen LogP contribution in [-0.4, -0.2) is 29.8 Å². The molecule has 0 bridgehead atoms. The van der Waals surface area contributed by atoms with Gasteiger partial charge in [-0.15, -0.1) is 0 Å². The molecule has 0 unspecified atom stereocenters. The number of hydrogen-bond acceptors (Lipinski definition) is 2. The summed E-state index contributed by atoms with van der Waals surface area (Å²) in [5.41, 5.74) is 3.23. The normalized spacial score (nSPS) is 14.5. The third-order valence-electron chi connectivity index (χ3n) is 6.00. The molecule has 4 heteroatoms. The number of likely N-dealkylation sites (tertiary alicyclic amines) is 1. The fourth-order valence-electron chi connectivity index (χ4n) is 4.09. The highest BCUT2D eigenvalue weighted by atomic mass is 16.2. The van der Waals surface area contributed by atoms with Crippen LogP contribution in [-0.2, 0) is 4.79 Å². The van der Waals surface area contributed by atoms with Crippen molar-refractivity contribution in [1.82, 2.24) is 4.90 Å². The van der Waals surface area contributed by atoms with Crippen molar-refractivity contribution in [1.29, 1.82) is 0 Å². The average molecular weight is 413 g/mol. The SMILES string of the molecule is CC1CCN(C(=O)c2ccc(NC(=O)C(c3ccccc3)c3ccccc3)cc2)CC1. The quantitative estimate of drug-likeness (QED) is 0.616. The van der Waals surface area contributed by atoms with Gasteiger partial charge < -0.3 is 10.2 Å². The zero-order valence-electron chi connectivity index (χ0n) is 17.8. The number of nitrogens with zero attached hydrogens (tertiary/aromatic N) is 1. The Balaban J connectivity index is 1.48. The highest BCUT2D eigenvalue weighted by molar-refractivity contribution is 5.99. The highest BCUT2D eigenvalue weighted by Crippen LogP contribution is 2.26. The smallest absolute Gasteiger partial charge is 0.253 e. The lowest BCUT2D eigenvalue weighted by atomic mass is 9.90. The summed E-state index contributed by atoms with van der Waals surface area (Å²) in [4.78, 5) is 27.9. The largest absolute Gasteiger partial charge is 0.339 e. The Morgan fingerprint density at radius 2 is 1.32 bits per heavy atom. The van der Waals surface area contributed by atoms with Crippen LogP contribution < -0.4 is 5.32 Å². The van der Waals surface area contributed by atoms with Crippen molar-refractivity contribution >= 4 is 17.5 Å². The van der Waals surface area contributed by atoms with E-state index < -0.39 is 5.92 Å². The van der Waals surface area contributed by atoms with Gasteiger partial charge in [0.1, 0.15) is 0 Å². The van der Waals surface area contributed by atoms with Crippen LogP contribution in [0.25, 0.3) is 0 Å². The molecule has 0 atom stereocenters. The number of piperidine rings is 1. The lowest BCUT2D eigenvalue weighted by Crippen LogP contribution is -2.37. The molecule has 3 aromatic rings. The molecule has 4 rings (SSSR count). The van der Waals surface area contributed by atoms with Gasteiger partial charge in [0.15, 0.2) is 0 Å². The minimum Gasteiger partial charge on any atom is -0.339 e. The first-order valence-corrected chi connectivity index (χ1v) is 10.9. The van der Waals surface area contributed by atoms with Crippen LogP contribution in [0.15, 0.2) is 84.9 Å². The number of carbonyl (C=O) groups is 2. The van der Waals surface area contributed by atoms with Gasteiger partial charge in [-0.1, -0.05) is 67.6 Å². The second-order valence-corrected chi connectivity index (χ2v) is 8.30. The third-order valence-corrected chi connectivity index (χ3v) is 6.00. The Labute approximate surface area is 183 Å². The molecule has 1 saturated heterocycles. The topological polar surface area (TPSA) is 49.4 Å². The highest BCUT2D eigenvalue weighted by Gasteiger charge is 2.24. The number of hydrogen-bond donors (Lipinski definition) is 1. The summed E-state index contributed by atoms with van der Waals surface area (Å²) < 4.78 is 0. The van der Waals surface area contributed by atoms with Gasteiger partial charge in [0.05, 0.1) is 5.92 Å². The maximum atomic E-state index is 13.2. The van der Waals surface area contributed by atoms with Gasteiger partial charge >= 0.3 is 0 Å². The van der Waals surface area contributed by atoms with Crippen LogP contribution in [0.4, 0.5) is 5.69 Å². The van der Waals surface area contributed by atoms with Crippen molar-refractivity contribution in [2.75, 3.05) is 18.4 Å². The van der Waals surface area contributed by atoms with Crippen LogP contribution in [0.2, 0.25) is 0 Å². The number of nitrogens with one attached hydrogen (secondary N) is 1. The standard InChI is InChI=1S/C27H28N2O2/c1-20-16-18-29(19-17-20)27(31)23-12-14-24(15-13-23)28-26(30)25(21-8-4-2-5-9-21)22-10-6-3-7-11-22/h2-15,20,25H,16-19H2,1H3,(H,28,30). The van der Waals surface area contributed by atoms with E-state index in [0.29, 0.717) is 17.2 Å². The molecule has 0 aromatic heterocycles. The van der Waals surface area contributed by atoms with E-state index in [0.717, 1.165) is 37.1 Å². The van der Waals surface area contributed by atoms with Crippen molar-refractivity contribution in [3.8, 4) is 0 Å². The summed E-state index contributed by atoms with van der Waals surface area (Å²) in [5, 5.41) is 3.03. The summed E-state index contributed by atoms with van der Waals surface area (Å²) in [7, 11) is 0. The number of rotatable bonds is 5. The molecule has 1 aliphatic heterocycles. The minimum absolute atomic E-state index is 0.0659. The predicted octanol–water partition coefficient (Wildman–Crippen LogP) is 5.33. The Morgan fingerprint density at radius 1 is 0.806 bits per heavy atom. The molecule has 0 radical (unpaired) electrons. The lowest BCUT2D eigenvalue weighted by molar-refractivity contribution is -0.116. The van der Waals surface area contributed by atoms with Gasteiger partial charge in [0.2, 0.25) is 5.91 Å². The summed E-state index contributed by atoms with van der Waals surface area (Å²) in [5.74, 6) is 0.251. The van der Waals surface area contributed by atoms with Gasteiger partial charge in [0, 0.05) is 24.3 Å². The van der Waals surface area contributed by atoms with Gasteiger partial charge in [-0.25, -0.2) is 0 Å². The van der Waals surface area contributed by atoms with Gasteiger partial charge in [-0.3, -0.25) is 9.59 Å². The maximum Gasteiger partial charge on any atom is 0.253 e. The summed E-state index contributed by atoms with van der Waals surface area (Å²) in [6, 6.07) is 26.8. The van der Waals surface area contributed by atoms with E-state index in [2.05, 4.69) is 12.2 Å². The molecule has 0 saturated carbocycles. The Hall–Kier alpha value is -3.40. The van der Waals surface area contributed by atoms with E-state index in [4.69, 9.17) is 0 Å². The van der Waals surface area contributed by atoms with Crippen LogP contribution >= 0.6 is 0 Å². The van der Waals surface area contributed by atoms with E-state index in [1.165, 1.54) is 0 Å². The summed E-state index contributed by atoms with van der Waals surface area (Å²) in [6.45, 7) is 3.86. The van der Waals surface area contributed by atoms with Crippen LogP contribution in [0.3, 0.4) is 0 Å². The molecule has 3 aromatic carbocycles. The molecular formula is C27H28N2O2. The van der Waals surface area contributed by atoms with Crippen LogP contribution in [0.1, 0.15) is 47.2 Å². The number of carbonyl (C=O) groups excluding carboxylic acids is 2. The van der Waals surface area contributed by atoms with Crippen molar-refractivity contribution in [3.05, 3.63) is 102 Å². The molecule has 158 valence electrons. The van der Waals surface area contributed by atoms with Crippen molar-refractivity contribution in [3.63, 3.8) is 0 Å². The predicted molar refractivity (Wildman–Crippen MR) is 124 cm³/mol. The molecular weight excluding hydrogens is 384 g/mol. The van der Waals surface area contributed by atoms with E-state index in [1.807, 2.05) is 77.7 Å². The zero-order chi connectivity index (χ0) is 21.6. The Kier molecular flexibility index (Phi) is 6.46. The lowest BCUT2D eigenvalue weighted by Gasteiger charge is -2.30. The third kappa shape index (κ3) is 5.02. The molecule has 1 N–H and O–H groups in total. The van der Waals surface area contributed by atoms with E-state index in [1.54, 1.807) is 12.1 Å². The first-order valence-electron chi connectivity index (χ1n) is 10.9. The average Bonchev–Trinajstić information content (AvgIpc) is 2.81. The molecule has 1 fully saturated rings. The van der Waals surface area contributed by atoms with E-state index >= 15 is 0 Å². The monoisotopic (exact) mass is 412 g/mol. The van der Waals surface area contributed by atoms with Crippen molar-refractivity contribution < 1.29 is 9.59 Å². The van der Waals surface area contributed by atoms with Gasteiger partial charge in [0.25, 0.3) is 5.91 Å². The summed E-state index contributed by atoms with van der Waals surface area (Å²) >= 11 is 0. The zero-order valence-corrected chi connectivity index (χ0v) is 17.8. The molecule has 4 nitrogen and oxygen atoms in total. The molecule has 31 heavy (non-hydrogen) atoms. The first-order chi connectivity index (χ1) is 15.1. The van der Waals surface area contributed by atoms with Crippen molar-refractivity contribution in [2.24, 2.45) is 5.92 Å². The second kappa shape index (κ2) is 9.61. The molecule has 1 aliphatic rings. The Morgan fingerprint density at radius 3 is 1.84 bits per heavy atom. The number of amides is 2. The first kappa shape index (κ1) is 20.9. The van der Waals surface area contributed by atoms with Gasteiger partial charge in [-0.2, -0.15) is 0 Å². The minimum atomic E-state index is -0.404. The Bertz CT molecular complexity index is 969. The fraction of sp³-hybridized carbons (Fsp3) is 0.259. The van der Waals surface area contributed by atoms with Crippen LogP contribution in [0.5, 0.6) is 0 Å². The summed E-state index contributed by atoms with van der Waals surface area (Å²) in [6.07, 6.45) is 2.11. The fourth-order valence-corrected chi connectivity index (χ4v) is 4.09.